The second-order valence-electron chi connectivity index (χ2n) is 21.5. The average Bonchev–Trinajstić information content (AvgIpc) is 3.72. The molecule has 0 aliphatic heterocycles. The molecule has 0 bridgehead atoms. The van der Waals surface area contributed by atoms with Gasteiger partial charge in [0, 0.05) is 12.4 Å². The van der Waals surface area contributed by atoms with Crippen LogP contribution in [0.3, 0.4) is 0 Å². The molecule has 7 aromatic carbocycles. The van der Waals surface area contributed by atoms with Crippen LogP contribution in [0.2, 0.25) is 0 Å². The lowest BCUT2D eigenvalue weighted by Crippen LogP contribution is -2.11. The maximum Gasteiger partial charge on any atom is 0.338 e. The van der Waals surface area contributed by atoms with E-state index in [1.165, 1.54) is 25.7 Å². The van der Waals surface area contributed by atoms with Crippen LogP contribution in [0.25, 0.3) is 22.3 Å². The van der Waals surface area contributed by atoms with Crippen LogP contribution in [0, 0.1) is 11.8 Å². The Kier molecular flexibility index (Phi) is 27.6. The van der Waals surface area contributed by atoms with Gasteiger partial charge in [-0.25, -0.2) is 9.59 Å². The van der Waals surface area contributed by atoms with Crippen molar-refractivity contribution in [2.24, 2.45) is 21.8 Å². The van der Waals surface area contributed by atoms with E-state index in [0.717, 1.165) is 141 Å². The van der Waals surface area contributed by atoms with Crippen molar-refractivity contribution in [1.29, 1.82) is 0 Å². The predicted octanol–water partition coefficient (Wildman–Crippen LogP) is 20.0. The van der Waals surface area contributed by atoms with Crippen molar-refractivity contribution in [1.82, 2.24) is 0 Å². The summed E-state index contributed by atoms with van der Waals surface area (Å²) in [6, 6.07) is 51.3. The number of aliphatic imine (C=N–C) groups is 2. The molecule has 7 aromatic rings. The summed E-state index contributed by atoms with van der Waals surface area (Å²) in [5.41, 5.74) is 9.02. The minimum atomic E-state index is -0.275. The fourth-order valence-corrected chi connectivity index (χ4v) is 9.86. The molecule has 0 radical (unpaired) electrons. The number of carbonyl (C=O) groups excluding carboxylic acids is 2. The second kappa shape index (κ2) is 36.0. The van der Waals surface area contributed by atoms with Crippen LogP contribution in [0.1, 0.15) is 149 Å². The van der Waals surface area contributed by atoms with Crippen molar-refractivity contribution in [3.63, 3.8) is 0 Å². The first-order valence-electron chi connectivity index (χ1n) is 30.1. The predicted molar refractivity (Wildman–Crippen MR) is 350 cm³/mol. The number of ether oxygens (including phenoxy) is 6. The smallest absolute Gasteiger partial charge is 0.338 e. The molecule has 0 heterocycles. The van der Waals surface area contributed by atoms with Gasteiger partial charge in [0.1, 0.15) is 23.0 Å². The first-order valence-corrected chi connectivity index (χ1v) is 31.7. The molecule has 0 aromatic heterocycles. The van der Waals surface area contributed by atoms with E-state index in [2.05, 4.69) is 83.8 Å². The molecule has 0 aliphatic carbocycles. The van der Waals surface area contributed by atoms with Crippen molar-refractivity contribution in [3.8, 4) is 45.3 Å². The Hall–Kier alpha value is -7.02. The third-order valence-corrected chi connectivity index (χ3v) is 15.9. The number of esters is 2. The number of nitrogens with zero attached hydrogens (tertiary/aromatic N) is 2. The monoisotopic (exact) mass is 1260 g/mol. The highest BCUT2D eigenvalue weighted by Gasteiger charge is 2.12. The topological polar surface area (TPSA) is 114 Å². The van der Waals surface area contributed by atoms with E-state index in [1.54, 1.807) is 0 Å². The summed E-state index contributed by atoms with van der Waals surface area (Å²) >= 11 is 7.38. The number of hydrogen-bond acceptors (Lipinski definition) is 10. The van der Waals surface area contributed by atoms with E-state index >= 15 is 0 Å². The van der Waals surface area contributed by atoms with Gasteiger partial charge < -0.3 is 28.4 Å². The zero-order valence-electron chi connectivity index (χ0n) is 49.4. The van der Waals surface area contributed by atoms with Gasteiger partial charge in [0.25, 0.3) is 0 Å². The Bertz CT molecular complexity index is 2920. The van der Waals surface area contributed by atoms with Crippen molar-refractivity contribution >= 4 is 67.6 Å². The quantitative estimate of drug-likeness (QED) is 0.0217. The Morgan fingerprint density at radius 3 is 1.04 bits per heavy atom. The van der Waals surface area contributed by atoms with Gasteiger partial charge in [0.05, 0.1) is 71.1 Å². The first-order chi connectivity index (χ1) is 41.0. The van der Waals surface area contributed by atoms with Crippen LogP contribution >= 0.6 is 31.9 Å². The molecule has 0 spiro atoms. The molecule has 0 aliphatic rings. The van der Waals surface area contributed by atoms with Crippen molar-refractivity contribution in [3.05, 3.63) is 189 Å². The number of unbranched alkanes of at least 4 members (excludes halogenated alkanes) is 10. The largest absolute Gasteiger partial charge is 0.494 e. The van der Waals surface area contributed by atoms with E-state index in [9.17, 15) is 9.59 Å². The molecule has 0 saturated heterocycles. The first kappa shape index (κ1) is 64.5. The average molecular weight is 1260 g/mol. The van der Waals surface area contributed by atoms with Crippen molar-refractivity contribution in [2.75, 3.05) is 39.6 Å². The maximum atomic E-state index is 12.4. The van der Waals surface area contributed by atoms with Gasteiger partial charge in [-0.05, 0) is 212 Å². The summed E-state index contributed by atoms with van der Waals surface area (Å²) < 4.78 is 36.9. The second-order valence-corrected chi connectivity index (χ2v) is 23.2. The van der Waals surface area contributed by atoms with Gasteiger partial charge in [-0.2, -0.15) is 0 Å². The molecule has 10 nitrogen and oxygen atoms in total. The molecule has 0 fully saturated rings. The molecule has 84 heavy (non-hydrogen) atoms. The van der Waals surface area contributed by atoms with Crippen LogP contribution in [0.15, 0.2) is 177 Å². The normalized spacial score (nSPS) is 12.1. The lowest BCUT2D eigenvalue weighted by molar-refractivity contribution is 0.0438. The van der Waals surface area contributed by atoms with Gasteiger partial charge in [0.15, 0.2) is 0 Å². The third-order valence-electron chi connectivity index (χ3n) is 14.6. The standard InChI is InChI=1S/C72H82Br2N2O8/c1-5-53(3)51-83-71(77)61-25-21-57(22-26-61)59-29-37-65(38-30-59)79-43-15-11-7-9-13-17-45-81-69-41-19-55(47-67(69)73)49-75-63-33-35-64(36-34-63)76-50-56-20-42-70(68(74)48-56)82-46-18-14-10-8-12-16-44-80-66-39-31-60(32-40-66)58-23-27-62(28-24-58)72(78)84-52-54(4)6-2/h19-42,47-50,53-54H,5-18,43-46,51-52H2,1-4H3/t53-,54-/m0/s1. The molecule has 0 unspecified atom stereocenters. The highest BCUT2D eigenvalue weighted by Crippen LogP contribution is 2.30. The SMILES string of the molecule is CC[C@H](C)COC(=O)c1ccc(-c2ccc(OCCCCCCCCOc3ccc(C=Nc4ccc(N=Cc5ccc(OCCCCCCCCOc6ccc(-c7ccc(C(=O)OC[C@@H](C)CC)cc7)cc6)c(Br)c5)cc4)cc3Br)cc2)cc1. The highest BCUT2D eigenvalue weighted by atomic mass is 79.9. The van der Waals surface area contributed by atoms with Gasteiger partial charge >= 0.3 is 11.9 Å². The minimum absolute atomic E-state index is 0.275. The molecule has 12 heteroatoms. The van der Waals surface area contributed by atoms with E-state index < -0.39 is 0 Å². The summed E-state index contributed by atoms with van der Waals surface area (Å²) in [4.78, 5) is 34.1. The van der Waals surface area contributed by atoms with Gasteiger partial charge in [-0.15, -0.1) is 0 Å². The summed E-state index contributed by atoms with van der Waals surface area (Å²) in [5, 5.41) is 0. The van der Waals surface area contributed by atoms with Crippen LogP contribution in [-0.4, -0.2) is 64.0 Å². The number of carbonyl (C=O) groups is 2. The molecule has 7 rings (SSSR count). The zero-order valence-corrected chi connectivity index (χ0v) is 52.6. The summed E-state index contributed by atoms with van der Waals surface area (Å²) in [6.45, 7) is 12.0. The molecule has 0 N–H and O–H groups in total. The van der Waals surface area contributed by atoms with Crippen LogP contribution in [0.4, 0.5) is 11.4 Å². The maximum absolute atomic E-state index is 12.4. The molecule has 442 valence electrons. The van der Waals surface area contributed by atoms with Crippen LogP contribution in [-0.2, 0) is 9.47 Å². The fraction of sp³-hybridized carbons (Fsp3) is 0.361. The number of halogens is 2. The van der Waals surface area contributed by atoms with E-state index in [4.69, 9.17) is 38.4 Å². The Morgan fingerprint density at radius 2 is 0.714 bits per heavy atom. The lowest BCUT2D eigenvalue weighted by Gasteiger charge is -2.10. The molecular formula is C72H82Br2N2O8. The summed E-state index contributed by atoms with van der Waals surface area (Å²) in [7, 11) is 0. The summed E-state index contributed by atoms with van der Waals surface area (Å²) in [6.07, 6.45) is 18.9. The number of benzene rings is 7. The fourth-order valence-electron chi connectivity index (χ4n) is 8.84. The Balaban J connectivity index is 0.687. The molecule has 2 atom stereocenters. The van der Waals surface area contributed by atoms with Gasteiger partial charge in [-0.3, -0.25) is 9.98 Å². The van der Waals surface area contributed by atoms with Gasteiger partial charge in [-0.1, -0.05) is 140 Å². The van der Waals surface area contributed by atoms with E-state index in [-0.39, 0.29) is 11.9 Å². The van der Waals surface area contributed by atoms with E-state index in [0.29, 0.717) is 62.6 Å². The molecule has 0 amide bonds. The van der Waals surface area contributed by atoms with Crippen molar-refractivity contribution < 1.29 is 38.0 Å². The van der Waals surface area contributed by atoms with Crippen LogP contribution in [0.5, 0.6) is 23.0 Å². The third kappa shape index (κ3) is 22.5. The highest BCUT2D eigenvalue weighted by molar-refractivity contribution is 9.11. The zero-order chi connectivity index (χ0) is 59.1. The lowest BCUT2D eigenvalue weighted by atomic mass is 10.0. The Morgan fingerprint density at radius 1 is 0.405 bits per heavy atom. The Labute approximate surface area is 515 Å². The van der Waals surface area contributed by atoms with Crippen LogP contribution < -0.4 is 18.9 Å². The minimum Gasteiger partial charge on any atom is -0.494 e. The molecular weight excluding hydrogens is 1180 g/mol. The number of rotatable bonds is 36. The van der Waals surface area contributed by atoms with E-state index in [1.807, 2.05) is 146 Å². The van der Waals surface area contributed by atoms with Crippen molar-refractivity contribution in [2.45, 2.75) is 118 Å². The summed E-state index contributed by atoms with van der Waals surface area (Å²) in [5.74, 6) is 3.56. The van der Waals surface area contributed by atoms with Gasteiger partial charge in [0.2, 0.25) is 0 Å². The number of hydrogen-bond donors (Lipinski definition) is 0. The molecule has 0 saturated carbocycles.